The van der Waals surface area contributed by atoms with E-state index in [0.29, 0.717) is 5.56 Å². The van der Waals surface area contributed by atoms with Crippen LogP contribution in [0.4, 0.5) is 4.39 Å². The van der Waals surface area contributed by atoms with Gasteiger partial charge in [0, 0.05) is 22.1 Å². The van der Waals surface area contributed by atoms with Crippen LogP contribution < -0.4 is 10.1 Å². The van der Waals surface area contributed by atoms with Gasteiger partial charge in [-0.2, -0.15) is 0 Å². The van der Waals surface area contributed by atoms with Crippen LogP contribution in [0.1, 0.15) is 16.7 Å². The van der Waals surface area contributed by atoms with Crippen LogP contribution in [0.25, 0.3) is 0 Å². The fraction of sp³-hybridized carbons (Fsp3) is 0.250. The van der Waals surface area contributed by atoms with Crippen molar-refractivity contribution in [3.63, 3.8) is 0 Å². The highest BCUT2D eigenvalue weighted by Crippen LogP contribution is 2.25. The molecule has 0 saturated carbocycles. The summed E-state index contributed by atoms with van der Waals surface area (Å²) in [7, 11) is 1.89. The standard InChI is InChI=1S/C16H17BrFNO/c1-11-4-3-5-12(9-19-2)16(11)20-10-13-6-7-14(17)8-15(13)18/h3-8,19H,9-10H2,1-2H3. The van der Waals surface area contributed by atoms with Crippen molar-refractivity contribution in [3.8, 4) is 5.75 Å². The van der Waals surface area contributed by atoms with Crippen molar-refractivity contribution >= 4 is 15.9 Å². The Morgan fingerprint density at radius 3 is 2.70 bits per heavy atom. The maximum atomic E-state index is 13.8. The van der Waals surface area contributed by atoms with Gasteiger partial charge in [0.25, 0.3) is 0 Å². The molecule has 0 heterocycles. The molecule has 2 aromatic carbocycles. The lowest BCUT2D eigenvalue weighted by molar-refractivity contribution is 0.294. The van der Waals surface area contributed by atoms with E-state index in [1.165, 1.54) is 6.07 Å². The van der Waals surface area contributed by atoms with E-state index in [1.54, 1.807) is 6.07 Å². The lowest BCUT2D eigenvalue weighted by atomic mass is 10.1. The van der Waals surface area contributed by atoms with Crippen molar-refractivity contribution in [2.24, 2.45) is 0 Å². The minimum absolute atomic E-state index is 0.223. The van der Waals surface area contributed by atoms with Crippen LogP contribution in [0, 0.1) is 12.7 Å². The number of hydrogen-bond acceptors (Lipinski definition) is 2. The Kier molecular flexibility index (Phi) is 5.15. The number of ether oxygens (including phenoxy) is 1. The molecule has 0 bridgehead atoms. The van der Waals surface area contributed by atoms with E-state index in [2.05, 4.69) is 21.2 Å². The largest absolute Gasteiger partial charge is 0.488 e. The van der Waals surface area contributed by atoms with Crippen molar-refractivity contribution in [1.82, 2.24) is 5.32 Å². The molecule has 0 aromatic heterocycles. The summed E-state index contributed by atoms with van der Waals surface area (Å²) in [4.78, 5) is 0. The van der Waals surface area contributed by atoms with Gasteiger partial charge in [-0.25, -0.2) is 4.39 Å². The Morgan fingerprint density at radius 1 is 1.20 bits per heavy atom. The van der Waals surface area contributed by atoms with Crippen molar-refractivity contribution in [2.75, 3.05) is 7.05 Å². The van der Waals surface area contributed by atoms with Gasteiger partial charge in [-0.05, 0) is 31.7 Å². The fourth-order valence-corrected chi connectivity index (χ4v) is 2.37. The van der Waals surface area contributed by atoms with E-state index in [1.807, 2.05) is 38.2 Å². The molecule has 0 radical (unpaired) electrons. The summed E-state index contributed by atoms with van der Waals surface area (Å²) in [5.74, 6) is 0.562. The smallest absolute Gasteiger partial charge is 0.130 e. The number of aryl methyl sites for hydroxylation is 1. The van der Waals surface area contributed by atoms with E-state index < -0.39 is 0 Å². The zero-order valence-corrected chi connectivity index (χ0v) is 13.1. The molecule has 2 rings (SSSR count). The summed E-state index contributed by atoms with van der Waals surface area (Å²) in [6.07, 6.45) is 0. The van der Waals surface area contributed by atoms with Gasteiger partial charge >= 0.3 is 0 Å². The Bertz CT molecular complexity index is 601. The SMILES string of the molecule is CNCc1cccc(C)c1OCc1ccc(Br)cc1F. The maximum absolute atomic E-state index is 13.8. The van der Waals surface area contributed by atoms with Crippen LogP contribution in [-0.2, 0) is 13.2 Å². The van der Waals surface area contributed by atoms with Gasteiger partial charge in [0.15, 0.2) is 0 Å². The topological polar surface area (TPSA) is 21.3 Å². The van der Waals surface area contributed by atoms with Crippen LogP contribution in [-0.4, -0.2) is 7.05 Å². The number of nitrogens with one attached hydrogen (secondary N) is 1. The number of benzene rings is 2. The van der Waals surface area contributed by atoms with Gasteiger partial charge in [0.1, 0.15) is 18.2 Å². The predicted molar refractivity (Wildman–Crippen MR) is 82.4 cm³/mol. The average Bonchev–Trinajstić information content (AvgIpc) is 2.40. The van der Waals surface area contributed by atoms with Gasteiger partial charge in [0.05, 0.1) is 0 Å². The molecule has 0 amide bonds. The summed E-state index contributed by atoms with van der Waals surface area (Å²) in [6.45, 7) is 2.94. The molecule has 0 unspecified atom stereocenters. The molecular weight excluding hydrogens is 321 g/mol. The van der Waals surface area contributed by atoms with Crippen LogP contribution >= 0.6 is 15.9 Å². The van der Waals surface area contributed by atoms with Crippen molar-refractivity contribution in [3.05, 3.63) is 63.4 Å². The average molecular weight is 338 g/mol. The molecule has 20 heavy (non-hydrogen) atoms. The summed E-state index contributed by atoms with van der Waals surface area (Å²) in [5.41, 5.74) is 2.67. The Morgan fingerprint density at radius 2 is 2.00 bits per heavy atom. The second kappa shape index (κ2) is 6.86. The molecule has 0 saturated heterocycles. The molecule has 0 atom stereocenters. The van der Waals surface area contributed by atoms with Gasteiger partial charge in [-0.1, -0.05) is 40.2 Å². The molecule has 0 fully saturated rings. The predicted octanol–water partition coefficient (Wildman–Crippen LogP) is 4.20. The van der Waals surface area contributed by atoms with Gasteiger partial charge < -0.3 is 10.1 Å². The molecule has 4 heteroatoms. The first-order valence-electron chi connectivity index (χ1n) is 6.41. The minimum Gasteiger partial charge on any atom is -0.488 e. The third kappa shape index (κ3) is 3.58. The Labute approximate surface area is 127 Å². The highest BCUT2D eigenvalue weighted by molar-refractivity contribution is 9.10. The van der Waals surface area contributed by atoms with Gasteiger partial charge in [-0.3, -0.25) is 0 Å². The zero-order chi connectivity index (χ0) is 14.5. The molecule has 0 aliphatic rings. The van der Waals surface area contributed by atoms with E-state index >= 15 is 0 Å². The lowest BCUT2D eigenvalue weighted by Crippen LogP contribution is -2.09. The van der Waals surface area contributed by atoms with Crippen molar-refractivity contribution < 1.29 is 9.13 Å². The highest BCUT2D eigenvalue weighted by atomic mass is 79.9. The summed E-state index contributed by atoms with van der Waals surface area (Å²) >= 11 is 3.25. The monoisotopic (exact) mass is 337 g/mol. The van der Waals surface area contributed by atoms with Crippen LogP contribution in [0.5, 0.6) is 5.75 Å². The number of rotatable bonds is 5. The van der Waals surface area contributed by atoms with Gasteiger partial charge in [0.2, 0.25) is 0 Å². The van der Waals surface area contributed by atoms with Crippen LogP contribution in [0.15, 0.2) is 40.9 Å². The van der Waals surface area contributed by atoms with Crippen molar-refractivity contribution in [1.29, 1.82) is 0 Å². The van der Waals surface area contributed by atoms with Crippen LogP contribution in [0.3, 0.4) is 0 Å². The fourth-order valence-electron chi connectivity index (χ4n) is 2.04. The highest BCUT2D eigenvalue weighted by Gasteiger charge is 2.09. The zero-order valence-electron chi connectivity index (χ0n) is 11.5. The molecule has 0 spiro atoms. The second-order valence-corrected chi connectivity index (χ2v) is 5.53. The minimum atomic E-state index is -0.261. The molecular formula is C16H17BrFNO. The Balaban J connectivity index is 2.18. The third-order valence-electron chi connectivity index (χ3n) is 3.05. The van der Waals surface area contributed by atoms with Crippen molar-refractivity contribution in [2.45, 2.75) is 20.1 Å². The first-order chi connectivity index (χ1) is 9.61. The summed E-state index contributed by atoms with van der Waals surface area (Å²) < 4.78 is 20.3. The molecule has 2 aromatic rings. The molecule has 1 N–H and O–H groups in total. The van der Waals surface area contributed by atoms with Crippen LogP contribution in [0.2, 0.25) is 0 Å². The first kappa shape index (κ1) is 15.0. The van der Waals surface area contributed by atoms with Gasteiger partial charge in [-0.15, -0.1) is 0 Å². The Hall–Kier alpha value is -1.39. The molecule has 2 nitrogen and oxygen atoms in total. The number of hydrogen-bond donors (Lipinski definition) is 1. The molecule has 0 aliphatic carbocycles. The lowest BCUT2D eigenvalue weighted by Gasteiger charge is -2.14. The maximum Gasteiger partial charge on any atom is 0.130 e. The van der Waals surface area contributed by atoms with E-state index in [9.17, 15) is 4.39 Å². The van der Waals surface area contributed by atoms with E-state index in [4.69, 9.17) is 4.74 Å². The second-order valence-electron chi connectivity index (χ2n) is 4.62. The quantitative estimate of drug-likeness (QED) is 0.882. The summed E-state index contributed by atoms with van der Waals surface area (Å²) in [5, 5.41) is 3.11. The first-order valence-corrected chi connectivity index (χ1v) is 7.21. The normalized spacial score (nSPS) is 10.6. The van der Waals surface area contributed by atoms with E-state index in [0.717, 1.165) is 27.9 Å². The molecule has 0 aliphatic heterocycles. The number of halogens is 2. The van der Waals surface area contributed by atoms with E-state index in [-0.39, 0.29) is 12.4 Å². The summed E-state index contributed by atoms with van der Waals surface area (Å²) in [6, 6.07) is 11.0. The number of para-hydroxylation sites is 1. The molecule has 106 valence electrons. The third-order valence-corrected chi connectivity index (χ3v) is 3.54.